The Labute approximate surface area is 388 Å². The van der Waals surface area contributed by atoms with E-state index < -0.39 is 17.9 Å². The molecule has 1 rings (SSSR count). The topological polar surface area (TPSA) is 78.9 Å². The molecule has 6 nitrogen and oxygen atoms in total. The van der Waals surface area contributed by atoms with Crippen LogP contribution in [-0.2, 0) is 14.2 Å². The van der Waals surface area contributed by atoms with Crippen LogP contribution in [0, 0.1) is 0 Å². The molecule has 0 amide bonds. The van der Waals surface area contributed by atoms with Gasteiger partial charge in [0.25, 0.3) is 0 Å². The number of allylic oxidation sites excluding steroid dienone is 3. The minimum absolute atomic E-state index is 0.00480. The second-order valence-corrected chi connectivity index (χ2v) is 17.9. The summed E-state index contributed by atoms with van der Waals surface area (Å²) >= 11 is 0. The van der Waals surface area contributed by atoms with Crippen molar-refractivity contribution in [3.8, 4) is 0 Å². The predicted octanol–water partition coefficient (Wildman–Crippen LogP) is 17.9. The highest BCUT2D eigenvalue weighted by Gasteiger charge is 2.22. The maximum atomic E-state index is 13.4. The molecule has 0 aliphatic carbocycles. The highest BCUT2D eigenvalue weighted by molar-refractivity contribution is 6.05. The number of ether oxygens (including phenoxy) is 3. The van der Waals surface area contributed by atoms with Crippen LogP contribution in [0.2, 0.25) is 0 Å². The van der Waals surface area contributed by atoms with E-state index in [0.29, 0.717) is 0 Å². The van der Waals surface area contributed by atoms with Gasteiger partial charge in [0, 0.05) is 0 Å². The Hall–Kier alpha value is -3.15. The monoisotopic (exact) mass is 877 g/mol. The Balaban J connectivity index is 2.56. The van der Waals surface area contributed by atoms with Crippen LogP contribution >= 0.6 is 0 Å². The molecule has 63 heavy (non-hydrogen) atoms. The highest BCUT2D eigenvalue weighted by Crippen LogP contribution is 2.18. The predicted molar refractivity (Wildman–Crippen MR) is 268 cm³/mol. The molecule has 1 aromatic carbocycles. The molecule has 0 spiro atoms. The fourth-order valence-electron chi connectivity index (χ4n) is 7.97. The van der Waals surface area contributed by atoms with Gasteiger partial charge in [0.15, 0.2) is 0 Å². The molecule has 0 aromatic heterocycles. The van der Waals surface area contributed by atoms with Gasteiger partial charge in [-0.15, -0.1) is 0 Å². The van der Waals surface area contributed by atoms with E-state index in [1.54, 1.807) is 0 Å². The van der Waals surface area contributed by atoms with Gasteiger partial charge in [0.2, 0.25) is 0 Å². The van der Waals surface area contributed by atoms with Gasteiger partial charge in [-0.2, -0.15) is 0 Å². The zero-order chi connectivity index (χ0) is 45.5. The number of unbranched alkanes of at least 4 members (excludes halogenated alkanes) is 33. The van der Waals surface area contributed by atoms with E-state index in [2.05, 4.69) is 39.0 Å². The lowest BCUT2D eigenvalue weighted by atomic mass is 10.0. The van der Waals surface area contributed by atoms with Gasteiger partial charge >= 0.3 is 17.9 Å². The van der Waals surface area contributed by atoms with E-state index in [4.69, 9.17) is 14.2 Å². The van der Waals surface area contributed by atoms with Crippen LogP contribution in [-0.4, -0.2) is 37.7 Å². The fourth-order valence-corrected chi connectivity index (χ4v) is 7.97. The first kappa shape index (κ1) is 57.9. The maximum absolute atomic E-state index is 13.4. The molecular formula is C57H96O6. The van der Waals surface area contributed by atoms with Crippen LogP contribution in [0.3, 0.4) is 0 Å². The van der Waals surface area contributed by atoms with Crippen LogP contribution in [0.1, 0.15) is 283 Å². The van der Waals surface area contributed by atoms with Crippen LogP contribution in [0.15, 0.2) is 54.7 Å². The minimum Gasteiger partial charge on any atom is -0.458 e. The molecule has 0 unspecified atom stereocenters. The molecule has 0 saturated carbocycles. The molecular weight excluding hydrogens is 781 g/mol. The Morgan fingerprint density at radius 2 is 0.603 bits per heavy atom. The van der Waals surface area contributed by atoms with Gasteiger partial charge in [-0.1, -0.05) is 250 Å². The average Bonchev–Trinajstić information content (AvgIpc) is 3.29. The normalized spacial score (nSPS) is 11.7. The third-order valence-electron chi connectivity index (χ3n) is 12.1. The largest absolute Gasteiger partial charge is 0.458 e. The lowest BCUT2D eigenvalue weighted by molar-refractivity contribution is 0.0500. The molecule has 0 heterocycles. The minimum atomic E-state index is -0.671. The number of carbonyl (C=O) groups excluding carboxylic acids is 3. The molecule has 0 bridgehead atoms. The van der Waals surface area contributed by atoms with Gasteiger partial charge < -0.3 is 14.2 Å². The van der Waals surface area contributed by atoms with Gasteiger partial charge in [0.05, 0.1) is 16.7 Å². The molecule has 0 saturated heterocycles. The standard InChI is InChI=1S/C57H96O6/c1-4-7-10-13-16-19-22-25-28-31-34-37-40-43-48-61-55(58)52-46-47-53(56(59)62-49-44-41-38-35-32-29-26-23-20-17-14-11-8-5-2)54(51-52)57(60)63-50-45-42-39-36-33-30-27-24-21-18-15-12-9-6-3/h40-47,51H,4-39,48-50H2,1-3H3/b43-40+,44-41+,45-42+. The van der Waals surface area contributed by atoms with Crippen molar-refractivity contribution in [2.75, 3.05) is 19.8 Å². The van der Waals surface area contributed by atoms with Gasteiger partial charge in [-0.3, -0.25) is 0 Å². The van der Waals surface area contributed by atoms with Crippen molar-refractivity contribution >= 4 is 17.9 Å². The third kappa shape index (κ3) is 35.8. The zero-order valence-corrected chi connectivity index (χ0v) is 41.2. The van der Waals surface area contributed by atoms with E-state index >= 15 is 0 Å². The molecule has 360 valence electrons. The van der Waals surface area contributed by atoms with Crippen molar-refractivity contribution in [2.24, 2.45) is 0 Å². The first-order valence-corrected chi connectivity index (χ1v) is 26.6. The molecule has 6 heteroatoms. The summed E-state index contributed by atoms with van der Waals surface area (Å²) in [5.41, 5.74) is 0.272. The summed E-state index contributed by atoms with van der Waals surface area (Å²) in [5, 5.41) is 0. The van der Waals surface area contributed by atoms with Crippen molar-refractivity contribution in [2.45, 2.75) is 252 Å². The second-order valence-electron chi connectivity index (χ2n) is 17.9. The highest BCUT2D eigenvalue weighted by atomic mass is 16.5. The SMILES string of the molecule is CCCCCCCCCCCCC/C=C/COC(=O)c1ccc(C(=O)OC/C=C/CCCCCCCCCCCCC)c(C(=O)OC/C=C/CCCCCCCCCCCCC)c1. The van der Waals surface area contributed by atoms with Crippen LogP contribution in [0.5, 0.6) is 0 Å². The summed E-state index contributed by atoms with van der Waals surface area (Å²) in [6.07, 6.45) is 57.8. The van der Waals surface area contributed by atoms with Crippen molar-refractivity contribution in [1.29, 1.82) is 0 Å². The van der Waals surface area contributed by atoms with Crippen LogP contribution in [0.4, 0.5) is 0 Å². The second kappa shape index (κ2) is 45.4. The van der Waals surface area contributed by atoms with Gasteiger partial charge in [-0.25, -0.2) is 14.4 Å². The van der Waals surface area contributed by atoms with Crippen molar-refractivity contribution < 1.29 is 28.6 Å². The number of esters is 3. The average molecular weight is 877 g/mol. The molecule has 0 atom stereocenters. The van der Waals surface area contributed by atoms with Gasteiger partial charge in [-0.05, 0) is 56.7 Å². The Bertz CT molecular complexity index is 1310. The molecule has 0 aliphatic heterocycles. The smallest absolute Gasteiger partial charge is 0.339 e. The van der Waals surface area contributed by atoms with E-state index in [-0.39, 0.29) is 36.5 Å². The summed E-state index contributed by atoms with van der Waals surface area (Å²) in [6, 6.07) is 4.38. The molecule has 0 radical (unpaired) electrons. The third-order valence-corrected chi connectivity index (χ3v) is 12.1. The van der Waals surface area contributed by atoms with Crippen LogP contribution < -0.4 is 0 Å². The van der Waals surface area contributed by atoms with Gasteiger partial charge in [0.1, 0.15) is 19.8 Å². The lowest BCUT2D eigenvalue weighted by Crippen LogP contribution is -2.16. The Morgan fingerprint density at radius 3 is 0.921 bits per heavy atom. The first-order valence-electron chi connectivity index (χ1n) is 26.6. The summed E-state index contributed by atoms with van der Waals surface area (Å²) in [7, 11) is 0. The maximum Gasteiger partial charge on any atom is 0.339 e. The molecule has 0 fully saturated rings. The first-order chi connectivity index (χ1) is 31.0. The summed E-state index contributed by atoms with van der Waals surface area (Å²) in [5.74, 6) is -1.85. The number of carbonyl (C=O) groups is 3. The van der Waals surface area contributed by atoms with Crippen molar-refractivity contribution in [1.82, 2.24) is 0 Å². The number of hydrogen-bond donors (Lipinski definition) is 0. The van der Waals surface area contributed by atoms with E-state index in [0.717, 1.165) is 38.5 Å². The summed E-state index contributed by atoms with van der Waals surface area (Å²) < 4.78 is 16.6. The van der Waals surface area contributed by atoms with Crippen LogP contribution in [0.25, 0.3) is 0 Å². The summed E-state index contributed by atoms with van der Waals surface area (Å²) in [4.78, 5) is 39.6. The van der Waals surface area contributed by atoms with Crippen molar-refractivity contribution in [3.05, 3.63) is 71.3 Å². The van der Waals surface area contributed by atoms with E-state index in [1.807, 2.05) is 18.2 Å². The molecule has 0 N–H and O–H groups in total. The molecule has 0 aliphatic rings. The van der Waals surface area contributed by atoms with E-state index in [1.165, 1.54) is 211 Å². The van der Waals surface area contributed by atoms with Crippen molar-refractivity contribution in [3.63, 3.8) is 0 Å². The summed E-state index contributed by atoms with van der Waals surface area (Å²) in [6.45, 7) is 7.14. The number of benzene rings is 1. The number of hydrogen-bond acceptors (Lipinski definition) is 6. The quantitative estimate of drug-likeness (QED) is 0.0281. The Kier molecular flexibility index (Phi) is 41.7. The zero-order valence-electron chi connectivity index (χ0n) is 41.2. The van der Waals surface area contributed by atoms with E-state index in [9.17, 15) is 14.4 Å². The molecule has 1 aromatic rings. The fraction of sp³-hybridized carbons (Fsp3) is 0.737. The number of rotatable bonds is 45. The Morgan fingerprint density at radius 1 is 0.333 bits per heavy atom. The lowest BCUT2D eigenvalue weighted by Gasteiger charge is -2.10.